The maximum absolute atomic E-state index is 13.9. The van der Waals surface area contributed by atoms with Crippen LogP contribution < -0.4 is 37.9 Å². The normalized spacial score (nSPS) is 12.2. The number of benzene rings is 4. The maximum atomic E-state index is 13.9. The third-order valence-electron chi connectivity index (χ3n) is 11.4. The summed E-state index contributed by atoms with van der Waals surface area (Å²) in [7, 11) is 11.3. The van der Waals surface area contributed by atoms with E-state index in [-0.39, 0.29) is 85.8 Å². The molecule has 0 radical (unpaired) electrons. The van der Waals surface area contributed by atoms with E-state index < -0.39 is 52.2 Å². The number of carbonyl (C=O) groups excluding carboxylic acids is 4. The van der Waals surface area contributed by atoms with Gasteiger partial charge in [0.25, 0.3) is 0 Å². The van der Waals surface area contributed by atoms with Crippen LogP contribution in [0.25, 0.3) is 6.08 Å². The lowest BCUT2D eigenvalue weighted by Gasteiger charge is -2.28. The number of rotatable bonds is 27. The molecule has 0 saturated carbocycles. The molecule has 0 aromatic heterocycles. The molecule has 0 spiro atoms. The molecule has 19 heteroatoms. The third kappa shape index (κ3) is 13.5. The van der Waals surface area contributed by atoms with Crippen LogP contribution in [-0.2, 0) is 38.1 Å². The molecule has 0 heterocycles. The van der Waals surface area contributed by atoms with Crippen molar-refractivity contribution in [2.45, 2.75) is 64.7 Å². The fourth-order valence-corrected chi connectivity index (χ4v) is 8.33. The zero-order valence-electron chi connectivity index (χ0n) is 42.3. The van der Waals surface area contributed by atoms with Gasteiger partial charge in [-0.3, -0.25) is 24.5 Å². The van der Waals surface area contributed by atoms with Gasteiger partial charge in [-0.2, -0.15) is 0 Å². The Labute approximate surface area is 413 Å². The summed E-state index contributed by atoms with van der Waals surface area (Å²) < 4.78 is 68.4. The lowest BCUT2D eigenvalue weighted by Crippen LogP contribution is -2.18. The van der Waals surface area contributed by atoms with Gasteiger partial charge in [0.2, 0.25) is 5.75 Å². The van der Waals surface area contributed by atoms with Crippen LogP contribution >= 0.6 is 0 Å². The molecule has 0 bridgehead atoms. The molecule has 4 aromatic carbocycles. The van der Waals surface area contributed by atoms with Crippen LogP contribution in [-0.4, -0.2) is 112 Å². The van der Waals surface area contributed by atoms with Gasteiger partial charge in [-0.1, -0.05) is 0 Å². The van der Waals surface area contributed by atoms with Crippen LogP contribution in [0.4, 0.5) is 5.69 Å². The zero-order chi connectivity index (χ0) is 52.4. The highest BCUT2D eigenvalue weighted by Gasteiger charge is 2.35. The Kier molecular flexibility index (Phi) is 21.2. The van der Waals surface area contributed by atoms with Gasteiger partial charge in [0.1, 0.15) is 40.2 Å². The molecular formula is C52H63NO18. The Bertz CT molecular complexity index is 2550. The first-order chi connectivity index (χ1) is 34.1. The molecule has 71 heavy (non-hydrogen) atoms. The molecule has 0 saturated heterocycles. The summed E-state index contributed by atoms with van der Waals surface area (Å²) in [5, 5.41) is 12.4. The summed E-state index contributed by atoms with van der Waals surface area (Å²) in [5.41, 5.74) is 2.28. The summed E-state index contributed by atoms with van der Waals surface area (Å²) in [4.78, 5) is 65.4. The summed E-state index contributed by atoms with van der Waals surface area (Å²) in [5.74, 6) is -3.59. The molecule has 0 N–H and O–H groups in total. The SMILES string of the molecule is CCOC(=O)/C=C/c1cc(C(CC(=O)OCC)c2cc(C(CC(=O)OCC)c3cc(C(CC(=O)OCC)c4cc([N+](=O)[O-])c(OC)cc4OC)c(OC)cc3OC)c(OC)cc2OC)c(OC)cc1OC. The largest absolute Gasteiger partial charge is 0.496 e. The molecule has 0 amide bonds. The van der Waals surface area contributed by atoms with Crippen LogP contribution in [0.3, 0.4) is 0 Å². The van der Waals surface area contributed by atoms with Gasteiger partial charge in [0.05, 0.1) is 107 Å². The van der Waals surface area contributed by atoms with E-state index >= 15 is 0 Å². The molecular weight excluding hydrogens is 927 g/mol. The summed E-state index contributed by atoms with van der Waals surface area (Å²) in [6.07, 6.45) is 1.88. The van der Waals surface area contributed by atoms with Crippen LogP contribution in [0, 0.1) is 10.1 Å². The summed E-state index contributed by atoms with van der Waals surface area (Å²) in [6, 6.07) is 12.6. The van der Waals surface area contributed by atoms with Crippen molar-refractivity contribution >= 4 is 35.6 Å². The van der Waals surface area contributed by atoms with Crippen molar-refractivity contribution in [2.24, 2.45) is 0 Å². The molecule has 0 aliphatic carbocycles. The van der Waals surface area contributed by atoms with E-state index in [0.717, 1.165) is 0 Å². The third-order valence-corrected chi connectivity index (χ3v) is 11.4. The van der Waals surface area contributed by atoms with Crippen LogP contribution in [0.15, 0.2) is 54.6 Å². The Hall–Kier alpha value is -7.70. The minimum atomic E-state index is -1.03. The van der Waals surface area contributed by atoms with E-state index in [2.05, 4.69) is 0 Å². The highest BCUT2D eigenvalue weighted by atomic mass is 16.6. The lowest BCUT2D eigenvalue weighted by molar-refractivity contribution is -0.385. The molecule has 384 valence electrons. The first-order valence-corrected chi connectivity index (χ1v) is 22.7. The number of methoxy groups -OCH3 is 8. The predicted molar refractivity (Wildman–Crippen MR) is 260 cm³/mol. The fourth-order valence-electron chi connectivity index (χ4n) is 8.33. The summed E-state index contributed by atoms with van der Waals surface area (Å²) in [6.45, 7) is 7.03. The van der Waals surface area contributed by atoms with Crippen LogP contribution in [0.1, 0.15) is 104 Å². The van der Waals surface area contributed by atoms with Gasteiger partial charge in [0, 0.05) is 93.1 Å². The summed E-state index contributed by atoms with van der Waals surface area (Å²) >= 11 is 0. The number of hydrogen-bond acceptors (Lipinski definition) is 18. The lowest BCUT2D eigenvalue weighted by atomic mass is 9.79. The molecule has 0 fully saturated rings. The molecule has 19 nitrogen and oxygen atoms in total. The van der Waals surface area contributed by atoms with Gasteiger partial charge >= 0.3 is 29.6 Å². The highest BCUT2D eigenvalue weighted by Crippen LogP contribution is 2.51. The number of nitrogens with zero attached hydrogens (tertiary/aromatic N) is 1. The minimum absolute atomic E-state index is 0.0445. The maximum Gasteiger partial charge on any atom is 0.330 e. The number of ether oxygens (including phenoxy) is 12. The van der Waals surface area contributed by atoms with Crippen LogP contribution in [0.2, 0.25) is 0 Å². The van der Waals surface area contributed by atoms with Crippen LogP contribution in [0.5, 0.6) is 46.0 Å². The van der Waals surface area contributed by atoms with Crippen molar-refractivity contribution in [1.82, 2.24) is 0 Å². The average Bonchev–Trinajstić information content (AvgIpc) is 3.37. The van der Waals surface area contributed by atoms with Gasteiger partial charge in [-0.25, -0.2) is 4.79 Å². The van der Waals surface area contributed by atoms with Crippen molar-refractivity contribution in [3.05, 3.63) is 104 Å². The van der Waals surface area contributed by atoms with Gasteiger partial charge in [-0.05, 0) is 52.0 Å². The highest BCUT2D eigenvalue weighted by molar-refractivity contribution is 5.88. The van der Waals surface area contributed by atoms with Crippen molar-refractivity contribution in [2.75, 3.05) is 83.3 Å². The second kappa shape index (κ2) is 26.9. The van der Waals surface area contributed by atoms with Crippen molar-refractivity contribution < 1.29 is 80.9 Å². The van der Waals surface area contributed by atoms with Gasteiger partial charge in [-0.15, -0.1) is 0 Å². The van der Waals surface area contributed by atoms with E-state index in [1.807, 2.05) is 0 Å². The van der Waals surface area contributed by atoms with E-state index in [1.54, 1.807) is 64.1 Å². The molecule has 3 unspecified atom stereocenters. The quantitative estimate of drug-likeness (QED) is 0.0180. The average molecular weight is 990 g/mol. The fraction of sp³-hybridized carbons (Fsp3) is 0.423. The van der Waals surface area contributed by atoms with E-state index in [1.165, 1.54) is 81.2 Å². The molecule has 3 atom stereocenters. The van der Waals surface area contributed by atoms with E-state index in [4.69, 9.17) is 56.8 Å². The first-order valence-electron chi connectivity index (χ1n) is 22.7. The Morgan fingerprint density at radius 3 is 1.04 bits per heavy atom. The van der Waals surface area contributed by atoms with Crippen molar-refractivity contribution in [3.63, 3.8) is 0 Å². The van der Waals surface area contributed by atoms with Crippen molar-refractivity contribution in [1.29, 1.82) is 0 Å². The number of nitro groups is 1. The number of carbonyl (C=O) groups is 4. The number of nitro benzene ring substituents is 1. The monoisotopic (exact) mass is 989 g/mol. The Balaban J connectivity index is 2.21. The Morgan fingerprint density at radius 1 is 0.437 bits per heavy atom. The zero-order valence-corrected chi connectivity index (χ0v) is 42.3. The van der Waals surface area contributed by atoms with Gasteiger partial charge in [0.15, 0.2) is 0 Å². The molecule has 4 rings (SSSR count). The first kappa shape index (κ1) is 55.9. The second-order valence-corrected chi connectivity index (χ2v) is 15.3. The standard InChI is InChI=1S/C52H63NO18/c1-13-68-49(54)18-17-30-19-34(42(61-6)26-41(30)60-5)31(23-50(55)69-14-2)35-20-36(44(63-8)27-43(35)62-7)32(24-51(56)70-15-3)37-21-38(46(65-10)28-45(37)64-9)33(25-52(57)71-16-4)39-22-40(53(58)59)48(67-12)29-47(39)66-11/h17-22,26-29,31-33H,13-16,23-25H2,1-12H3/b18-17+. The number of hydrogen-bond donors (Lipinski definition) is 0. The smallest absolute Gasteiger partial charge is 0.330 e. The molecule has 4 aromatic rings. The number of esters is 4. The van der Waals surface area contributed by atoms with Gasteiger partial charge < -0.3 is 56.8 Å². The molecule has 0 aliphatic heterocycles. The molecule has 0 aliphatic rings. The topological polar surface area (TPSA) is 222 Å². The Morgan fingerprint density at radius 2 is 0.732 bits per heavy atom. The second-order valence-electron chi connectivity index (χ2n) is 15.3. The minimum Gasteiger partial charge on any atom is -0.496 e. The van der Waals surface area contributed by atoms with Crippen molar-refractivity contribution in [3.8, 4) is 46.0 Å². The predicted octanol–water partition coefficient (Wildman–Crippen LogP) is 8.50. The van der Waals surface area contributed by atoms with E-state index in [0.29, 0.717) is 44.9 Å². The van der Waals surface area contributed by atoms with E-state index in [9.17, 15) is 29.3 Å².